The summed E-state index contributed by atoms with van der Waals surface area (Å²) in [6.07, 6.45) is 0.139. The van der Waals surface area contributed by atoms with E-state index in [1.165, 1.54) is 16.2 Å². The molecule has 0 fully saturated rings. The third-order valence-corrected chi connectivity index (χ3v) is 4.79. The number of carbonyl (C=O) groups is 3. The first-order valence-electron chi connectivity index (χ1n) is 8.49. The first kappa shape index (κ1) is 20.3. The minimum Gasteiger partial charge on any atom is -0.456 e. The van der Waals surface area contributed by atoms with Crippen LogP contribution in [-0.4, -0.2) is 30.8 Å². The van der Waals surface area contributed by atoms with E-state index in [0.29, 0.717) is 10.6 Å². The number of thiophene rings is 1. The van der Waals surface area contributed by atoms with Crippen LogP contribution in [0.2, 0.25) is 0 Å². The maximum Gasteiger partial charge on any atom is 0.306 e. The van der Waals surface area contributed by atoms with Crippen LogP contribution in [-0.2, 0) is 14.3 Å². The molecule has 0 aliphatic carbocycles. The van der Waals surface area contributed by atoms with Gasteiger partial charge in [0.1, 0.15) is 0 Å². The van der Waals surface area contributed by atoms with Crippen molar-refractivity contribution in [3.8, 4) is 6.07 Å². The Bertz CT molecular complexity index is 839. The normalized spacial score (nSPS) is 10.1. The molecule has 0 N–H and O–H groups in total. The third kappa shape index (κ3) is 6.35. The van der Waals surface area contributed by atoms with Gasteiger partial charge in [0, 0.05) is 23.5 Å². The molecule has 0 saturated heterocycles. The van der Waals surface area contributed by atoms with Crippen molar-refractivity contribution in [1.82, 2.24) is 0 Å². The van der Waals surface area contributed by atoms with E-state index in [1.807, 2.05) is 25.1 Å². The molecule has 27 heavy (non-hydrogen) atoms. The zero-order chi connectivity index (χ0) is 19.6. The van der Waals surface area contributed by atoms with Gasteiger partial charge < -0.3 is 9.64 Å². The van der Waals surface area contributed by atoms with Crippen LogP contribution in [0, 0.1) is 18.3 Å². The summed E-state index contributed by atoms with van der Waals surface area (Å²) in [4.78, 5) is 39.3. The number of ketones is 1. The monoisotopic (exact) mass is 384 g/mol. The quantitative estimate of drug-likeness (QED) is 0.488. The molecule has 1 heterocycles. The Morgan fingerprint density at radius 1 is 1.11 bits per heavy atom. The van der Waals surface area contributed by atoms with Crippen molar-refractivity contribution in [3.05, 3.63) is 52.2 Å². The number of esters is 1. The van der Waals surface area contributed by atoms with Crippen LogP contribution in [0.4, 0.5) is 5.69 Å². The average Bonchev–Trinajstić information content (AvgIpc) is 3.12. The zero-order valence-electron chi connectivity index (χ0n) is 15.0. The molecule has 0 saturated carbocycles. The molecule has 7 heteroatoms. The number of aryl methyl sites for hydroxylation is 1. The Labute approximate surface area is 162 Å². The number of rotatable bonds is 9. The Morgan fingerprint density at radius 3 is 2.48 bits per heavy atom. The second-order valence-electron chi connectivity index (χ2n) is 5.78. The summed E-state index contributed by atoms with van der Waals surface area (Å²) < 4.78 is 5.02. The summed E-state index contributed by atoms with van der Waals surface area (Å²) in [5.41, 5.74) is 0.636. The van der Waals surface area contributed by atoms with Crippen molar-refractivity contribution in [1.29, 1.82) is 5.26 Å². The summed E-state index contributed by atoms with van der Waals surface area (Å²) in [6, 6.07) is 14.5. The first-order chi connectivity index (χ1) is 13.0. The fourth-order valence-corrected chi connectivity index (χ4v) is 3.22. The fraction of sp³-hybridized carbons (Fsp3) is 0.300. The molecule has 2 rings (SSSR count). The number of hydrogen-bond acceptors (Lipinski definition) is 6. The van der Waals surface area contributed by atoms with Gasteiger partial charge in [0.05, 0.1) is 23.8 Å². The number of nitrogens with zero attached hydrogens (tertiary/aromatic N) is 2. The molecule has 6 nitrogen and oxygen atoms in total. The number of nitriles is 1. The lowest BCUT2D eigenvalue weighted by molar-refractivity contribution is -0.147. The van der Waals surface area contributed by atoms with Gasteiger partial charge in [-0.3, -0.25) is 14.4 Å². The predicted octanol–water partition coefficient (Wildman–Crippen LogP) is 3.51. The van der Waals surface area contributed by atoms with Crippen LogP contribution >= 0.6 is 11.3 Å². The van der Waals surface area contributed by atoms with E-state index in [2.05, 4.69) is 0 Å². The molecule has 0 radical (unpaired) electrons. The topological polar surface area (TPSA) is 87.5 Å². The molecule has 0 spiro atoms. The lowest BCUT2D eigenvalue weighted by Gasteiger charge is -2.21. The smallest absolute Gasteiger partial charge is 0.306 e. The zero-order valence-corrected chi connectivity index (χ0v) is 15.8. The molecule has 0 bridgehead atoms. The van der Waals surface area contributed by atoms with Crippen molar-refractivity contribution < 1.29 is 19.1 Å². The number of anilines is 1. The van der Waals surface area contributed by atoms with E-state index in [4.69, 9.17) is 10.00 Å². The second kappa shape index (κ2) is 10.2. The summed E-state index contributed by atoms with van der Waals surface area (Å²) in [6.45, 7) is 1.70. The van der Waals surface area contributed by atoms with Gasteiger partial charge in [-0.25, -0.2) is 0 Å². The molecular weight excluding hydrogens is 364 g/mol. The summed E-state index contributed by atoms with van der Waals surface area (Å²) in [5.74, 6) is -1.13. The number of amides is 1. The van der Waals surface area contributed by atoms with E-state index < -0.39 is 18.5 Å². The van der Waals surface area contributed by atoms with Gasteiger partial charge in [-0.15, -0.1) is 11.3 Å². The van der Waals surface area contributed by atoms with Gasteiger partial charge in [-0.2, -0.15) is 5.26 Å². The lowest BCUT2D eigenvalue weighted by atomic mass is 10.2. The number of benzene rings is 1. The fourth-order valence-electron chi connectivity index (χ4n) is 2.38. The summed E-state index contributed by atoms with van der Waals surface area (Å²) in [5, 5.41) is 8.77. The highest BCUT2D eigenvalue weighted by molar-refractivity contribution is 7.14. The van der Waals surface area contributed by atoms with E-state index in [1.54, 1.807) is 30.3 Å². The van der Waals surface area contributed by atoms with Crippen molar-refractivity contribution >= 4 is 34.7 Å². The van der Waals surface area contributed by atoms with Crippen LogP contribution in [0.3, 0.4) is 0 Å². The van der Waals surface area contributed by atoms with Gasteiger partial charge in [0.2, 0.25) is 0 Å². The number of para-hydroxylation sites is 1. The van der Waals surface area contributed by atoms with Gasteiger partial charge in [0.25, 0.3) is 5.91 Å². The highest BCUT2D eigenvalue weighted by atomic mass is 32.1. The Hall–Kier alpha value is -2.98. The molecule has 0 atom stereocenters. The lowest BCUT2D eigenvalue weighted by Crippen LogP contribution is -2.35. The molecule has 1 aromatic heterocycles. The number of hydrogen-bond donors (Lipinski definition) is 0. The van der Waals surface area contributed by atoms with Crippen molar-refractivity contribution in [3.63, 3.8) is 0 Å². The highest BCUT2D eigenvalue weighted by Gasteiger charge is 2.18. The molecular formula is C20H20N2O4S. The summed E-state index contributed by atoms with van der Waals surface area (Å²) in [7, 11) is 0. The van der Waals surface area contributed by atoms with Crippen molar-refractivity contribution in [2.75, 3.05) is 18.1 Å². The average molecular weight is 384 g/mol. The molecule has 140 valence electrons. The minimum atomic E-state index is -0.599. The molecule has 0 unspecified atom stereocenters. The van der Waals surface area contributed by atoms with E-state index in [-0.39, 0.29) is 31.6 Å². The predicted molar refractivity (Wildman–Crippen MR) is 103 cm³/mol. The second-order valence-corrected chi connectivity index (χ2v) is 7.07. The number of Topliss-reactive ketones (excluding diaryl/α,β-unsaturated/α-hetero) is 1. The Balaban J connectivity index is 1.84. The van der Waals surface area contributed by atoms with Crippen molar-refractivity contribution in [2.24, 2.45) is 0 Å². The third-order valence-electron chi connectivity index (χ3n) is 3.74. The highest BCUT2D eigenvalue weighted by Crippen LogP contribution is 2.18. The van der Waals surface area contributed by atoms with Crippen molar-refractivity contribution in [2.45, 2.75) is 26.2 Å². The van der Waals surface area contributed by atoms with Gasteiger partial charge >= 0.3 is 5.97 Å². The van der Waals surface area contributed by atoms with Crippen LogP contribution < -0.4 is 4.90 Å². The number of carbonyl (C=O) groups excluding carboxylic acids is 3. The SMILES string of the molecule is Cc1ccc(C(=O)CCC(=O)OCC(=O)N(CCC#N)c2ccccc2)s1. The Morgan fingerprint density at radius 2 is 1.85 bits per heavy atom. The van der Waals surface area contributed by atoms with Gasteiger partial charge in [-0.05, 0) is 31.2 Å². The standard InChI is InChI=1S/C20H20N2O4S/c1-15-8-10-18(27-15)17(23)9-11-20(25)26-14-19(24)22(13-5-12-21)16-6-3-2-4-7-16/h2-4,6-8,10H,5,9,11,13-14H2,1H3. The first-order valence-corrected chi connectivity index (χ1v) is 9.30. The Kier molecular flexibility index (Phi) is 7.71. The minimum absolute atomic E-state index is 0.0454. The van der Waals surface area contributed by atoms with Gasteiger partial charge in [-0.1, -0.05) is 18.2 Å². The van der Waals surface area contributed by atoms with Crippen LogP contribution in [0.25, 0.3) is 0 Å². The maximum atomic E-state index is 12.4. The van der Waals surface area contributed by atoms with Gasteiger partial charge in [0.15, 0.2) is 12.4 Å². The molecule has 0 aliphatic rings. The van der Waals surface area contributed by atoms with E-state index >= 15 is 0 Å². The molecule has 1 aromatic carbocycles. The van der Waals surface area contributed by atoms with Crippen LogP contribution in [0.15, 0.2) is 42.5 Å². The van der Waals surface area contributed by atoms with Crippen LogP contribution in [0.5, 0.6) is 0 Å². The largest absolute Gasteiger partial charge is 0.456 e. The molecule has 1 amide bonds. The van der Waals surface area contributed by atoms with Crippen LogP contribution in [0.1, 0.15) is 33.8 Å². The molecule has 2 aromatic rings. The van der Waals surface area contributed by atoms with E-state index in [9.17, 15) is 14.4 Å². The maximum absolute atomic E-state index is 12.4. The van der Waals surface area contributed by atoms with E-state index in [0.717, 1.165) is 4.88 Å². The molecule has 0 aliphatic heterocycles. The number of ether oxygens (including phenoxy) is 1. The summed E-state index contributed by atoms with van der Waals surface area (Å²) >= 11 is 1.39.